The number of anilines is 1. The van der Waals surface area contributed by atoms with Gasteiger partial charge in [-0.15, -0.1) is 18.2 Å². The molecule has 1 rings (SSSR count). The number of hydrogen-bond donors (Lipinski definition) is 1. The maximum Gasteiger partial charge on any atom is 0.158 e. The lowest BCUT2D eigenvalue weighted by atomic mass is 10.5. The topological polar surface area (TPSA) is 47.0 Å². The Balaban J connectivity index is 2.44. The van der Waals surface area contributed by atoms with Gasteiger partial charge in [0.2, 0.25) is 0 Å². The Hall–Kier alpha value is -0.960. The van der Waals surface area contributed by atoms with Gasteiger partial charge in [-0.05, 0) is 6.92 Å². The van der Waals surface area contributed by atoms with E-state index in [4.69, 9.17) is 22.8 Å². The third-order valence-electron chi connectivity index (χ3n) is 1.91. The summed E-state index contributed by atoms with van der Waals surface area (Å²) in [6, 6.07) is 1.70. The Kier molecular flexibility index (Phi) is 7.58. The molecular formula is C12H16ClN3OS. The molecule has 98 valence electrons. The van der Waals surface area contributed by atoms with Gasteiger partial charge in [0.05, 0.1) is 5.75 Å². The first-order chi connectivity index (χ1) is 8.76. The van der Waals surface area contributed by atoms with E-state index >= 15 is 0 Å². The van der Waals surface area contributed by atoms with E-state index < -0.39 is 0 Å². The van der Waals surface area contributed by atoms with Crippen LogP contribution in [0.25, 0.3) is 0 Å². The van der Waals surface area contributed by atoms with Crippen molar-refractivity contribution >= 4 is 29.2 Å². The van der Waals surface area contributed by atoms with E-state index in [2.05, 4.69) is 21.2 Å². The Morgan fingerprint density at radius 3 is 3.11 bits per heavy atom. The fraction of sp³-hybridized carbons (Fsp3) is 0.500. The highest BCUT2D eigenvalue weighted by Gasteiger charge is 2.03. The maximum atomic E-state index is 5.91. The Morgan fingerprint density at radius 2 is 2.39 bits per heavy atom. The van der Waals surface area contributed by atoms with Crippen LogP contribution >= 0.6 is 23.4 Å². The SMILES string of the molecule is C#CCSCCNc1cc(Cl)nc(COCC)n1. The van der Waals surface area contributed by atoms with Crippen molar-refractivity contribution in [2.45, 2.75) is 13.5 Å². The molecule has 6 heteroatoms. The lowest BCUT2D eigenvalue weighted by Gasteiger charge is -2.07. The highest BCUT2D eigenvalue weighted by atomic mass is 35.5. The number of aromatic nitrogens is 2. The molecule has 0 bridgehead atoms. The van der Waals surface area contributed by atoms with Gasteiger partial charge in [-0.2, -0.15) is 0 Å². The first kappa shape index (κ1) is 15.1. The van der Waals surface area contributed by atoms with Gasteiger partial charge < -0.3 is 10.1 Å². The van der Waals surface area contributed by atoms with Gasteiger partial charge in [0.15, 0.2) is 5.82 Å². The molecule has 1 heterocycles. The van der Waals surface area contributed by atoms with Crippen molar-refractivity contribution in [2.24, 2.45) is 0 Å². The van der Waals surface area contributed by atoms with Crippen LogP contribution in [0.3, 0.4) is 0 Å². The smallest absolute Gasteiger partial charge is 0.158 e. The fourth-order valence-electron chi connectivity index (χ4n) is 1.20. The van der Waals surface area contributed by atoms with E-state index in [0.717, 1.165) is 18.1 Å². The predicted molar refractivity (Wildman–Crippen MR) is 77.0 cm³/mol. The molecular weight excluding hydrogens is 270 g/mol. The zero-order valence-electron chi connectivity index (χ0n) is 10.3. The molecule has 0 fully saturated rings. The minimum atomic E-state index is 0.373. The summed E-state index contributed by atoms with van der Waals surface area (Å²) in [7, 11) is 0. The summed E-state index contributed by atoms with van der Waals surface area (Å²) in [6.45, 7) is 3.71. The number of terminal acetylenes is 1. The highest BCUT2D eigenvalue weighted by Crippen LogP contribution is 2.12. The van der Waals surface area contributed by atoms with Crippen LogP contribution in [0.4, 0.5) is 5.82 Å². The number of halogens is 1. The van der Waals surface area contributed by atoms with Crippen molar-refractivity contribution in [1.82, 2.24) is 9.97 Å². The van der Waals surface area contributed by atoms with Gasteiger partial charge in [-0.25, -0.2) is 9.97 Å². The Bertz CT molecular complexity index is 409. The third kappa shape index (κ3) is 6.10. The lowest BCUT2D eigenvalue weighted by Crippen LogP contribution is -2.08. The Labute approximate surface area is 117 Å². The van der Waals surface area contributed by atoms with Crippen LogP contribution in [0.2, 0.25) is 5.15 Å². The molecule has 1 N–H and O–H groups in total. The van der Waals surface area contributed by atoms with Crippen molar-refractivity contribution in [3.8, 4) is 12.3 Å². The van der Waals surface area contributed by atoms with Crippen LogP contribution in [0.1, 0.15) is 12.7 Å². The second-order valence-electron chi connectivity index (χ2n) is 3.31. The molecule has 0 unspecified atom stereocenters. The van der Waals surface area contributed by atoms with Crippen LogP contribution < -0.4 is 5.32 Å². The number of ether oxygens (including phenoxy) is 1. The van der Waals surface area contributed by atoms with E-state index in [1.807, 2.05) is 6.92 Å². The monoisotopic (exact) mass is 285 g/mol. The summed E-state index contributed by atoms with van der Waals surface area (Å²) in [5, 5.41) is 3.60. The van der Waals surface area contributed by atoms with E-state index in [0.29, 0.717) is 30.0 Å². The van der Waals surface area contributed by atoms with E-state index in [1.54, 1.807) is 17.8 Å². The number of thioether (sulfide) groups is 1. The number of nitrogens with one attached hydrogen (secondary N) is 1. The molecule has 0 radical (unpaired) electrons. The zero-order valence-corrected chi connectivity index (χ0v) is 11.9. The molecule has 0 spiro atoms. The number of rotatable bonds is 8. The van der Waals surface area contributed by atoms with E-state index in [1.165, 1.54) is 0 Å². The summed E-state index contributed by atoms with van der Waals surface area (Å²) in [5.41, 5.74) is 0. The summed E-state index contributed by atoms with van der Waals surface area (Å²) in [4.78, 5) is 8.39. The number of nitrogens with zero attached hydrogens (tertiary/aromatic N) is 2. The summed E-state index contributed by atoms with van der Waals surface area (Å²) >= 11 is 7.61. The van der Waals surface area contributed by atoms with E-state index in [9.17, 15) is 0 Å². The van der Waals surface area contributed by atoms with Crippen molar-refractivity contribution in [1.29, 1.82) is 0 Å². The van der Waals surface area contributed by atoms with Crippen molar-refractivity contribution in [3.05, 3.63) is 17.0 Å². The lowest BCUT2D eigenvalue weighted by molar-refractivity contribution is 0.128. The Morgan fingerprint density at radius 1 is 1.56 bits per heavy atom. The van der Waals surface area contributed by atoms with Gasteiger partial charge in [-0.1, -0.05) is 17.5 Å². The van der Waals surface area contributed by atoms with E-state index in [-0.39, 0.29) is 0 Å². The minimum absolute atomic E-state index is 0.373. The molecule has 0 aromatic carbocycles. The summed E-state index contributed by atoms with van der Waals surface area (Å²) < 4.78 is 5.25. The molecule has 4 nitrogen and oxygen atoms in total. The largest absolute Gasteiger partial charge is 0.374 e. The zero-order chi connectivity index (χ0) is 13.2. The van der Waals surface area contributed by atoms with Crippen molar-refractivity contribution < 1.29 is 4.74 Å². The third-order valence-corrected chi connectivity index (χ3v) is 2.97. The van der Waals surface area contributed by atoms with Crippen LogP contribution in [0, 0.1) is 12.3 Å². The molecule has 1 aromatic rings. The summed E-state index contributed by atoms with van der Waals surface area (Å²) in [5.74, 6) is 5.53. The molecule has 18 heavy (non-hydrogen) atoms. The maximum absolute atomic E-state index is 5.91. The van der Waals surface area contributed by atoms with Gasteiger partial charge in [0.1, 0.15) is 17.6 Å². The first-order valence-corrected chi connectivity index (χ1v) is 7.15. The van der Waals surface area contributed by atoms with Crippen LogP contribution in [0.15, 0.2) is 6.07 Å². The van der Waals surface area contributed by atoms with Crippen LogP contribution in [0.5, 0.6) is 0 Å². The molecule has 0 aliphatic heterocycles. The molecule has 1 aromatic heterocycles. The molecule has 0 saturated carbocycles. The van der Waals surface area contributed by atoms with Crippen molar-refractivity contribution in [2.75, 3.05) is 30.0 Å². The second-order valence-corrected chi connectivity index (χ2v) is 4.81. The highest BCUT2D eigenvalue weighted by molar-refractivity contribution is 7.99. The van der Waals surface area contributed by atoms with Crippen LogP contribution in [-0.4, -0.2) is 34.6 Å². The van der Waals surface area contributed by atoms with Gasteiger partial charge in [0.25, 0.3) is 0 Å². The van der Waals surface area contributed by atoms with Crippen LogP contribution in [-0.2, 0) is 11.3 Å². The predicted octanol–water partition coefficient (Wildman–Crippen LogP) is 2.44. The fourth-order valence-corrected chi connectivity index (χ4v) is 1.91. The van der Waals surface area contributed by atoms with Gasteiger partial charge in [0, 0.05) is 25.0 Å². The van der Waals surface area contributed by atoms with Gasteiger partial charge in [-0.3, -0.25) is 0 Å². The molecule has 0 aliphatic carbocycles. The standard InChI is InChI=1S/C12H16ClN3OS/c1-3-6-18-7-5-14-11-8-10(13)15-12(16-11)9-17-4-2/h1,8H,4-7,9H2,2H3,(H,14,15,16). The molecule has 0 amide bonds. The number of hydrogen-bond acceptors (Lipinski definition) is 5. The second kappa shape index (κ2) is 9.03. The quantitative estimate of drug-likeness (QED) is 0.452. The average molecular weight is 286 g/mol. The van der Waals surface area contributed by atoms with Crippen molar-refractivity contribution in [3.63, 3.8) is 0 Å². The summed E-state index contributed by atoms with van der Waals surface area (Å²) in [6.07, 6.45) is 5.16. The minimum Gasteiger partial charge on any atom is -0.374 e. The van der Waals surface area contributed by atoms with Gasteiger partial charge >= 0.3 is 0 Å². The normalized spacial score (nSPS) is 10.1. The first-order valence-electron chi connectivity index (χ1n) is 5.62. The molecule has 0 aliphatic rings. The average Bonchev–Trinajstić information content (AvgIpc) is 2.35. The molecule has 0 saturated heterocycles. The molecule has 0 atom stereocenters.